The normalized spacial score (nSPS) is 17.9. The highest BCUT2D eigenvalue weighted by Crippen LogP contribution is 2.40. The standard InChI is InChI=1S/C24H35FN4O2Si/c1-9-15-11-10-12-18(25)19(15)27-22(31)29-14-16-17(23(29,2)3)13-26-20(16)28-21(30)24(4,5)32(6,7)8/h10-12H,9,13-14H2,1-8H3,(H,27,31)(H,26,28,30). The Morgan fingerprint density at radius 1 is 1.22 bits per heavy atom. The van der Waals surface area contributed by atoms with Crippen molar-refractivity contribution in [1.29, 1.82) is 0 Å². The number of carbonyl (C=O) groups is 2. The van der Waals surface area contributed by atoms with Gasteiger partial charge in [0.1, 0.15) is 11.7 Å². The third kappa shape index (κ3) is 4.00. The van der Waals surface area contributed by atoms with Crippen LogP contribution in [0.15, 0.2) is 34.3 Å². The molecule has 0 aromatic heterocycles. The van der Waals surface area contributed by atoms with Gasteiger partial charge in [0.15, 0.2) is 0 Å². The van der Waals surface area contributed by atoms with E-state index in [0.29, 0.717) is 25.3 Å². The Labute approximate surface area is 191 Å². The Balaban J connectivity index is 1.80. The highest BCUT2D eigenvalue weighted by Gasteiger charge is 2.47. The van der Waals surface area contributed by atoms with Crippen molar-refractivity contribution in [3.63, 3.8) is 0 Å². The number of rotatable bonds is 4. The van der Waals surface area contributed by atoms with Gasteiger partial charge in [0.25, 0.3) is 0 Å². The lowest BCUT2D eigenvalue weighted by atomic mass is 9.94. The SMILES string of the molecule is CCc1cccc(F)c1NC(=O)N1CC2=C(CN=C2NC(=O)C(C)(C)[Si](C)(C)C)C1(C)C. The summed E-state index contributed by atoms with van der Waals surface area (Å²) in [6, 6.07) is 4.44. The number of hydrogen-bond donors (Lipinski definition) is 2. The Hall–Kier alpha value is -2.48. The van der Waals surface area contributed by atoms with Gasteiger partial charge in [-0.15, -0.1) is 0 Å². The Bertz CT molecular complexity index is 1020. The van der Waals surface area contributed by atoms with Crippen molar-refractivity contribution in [1.82, 2.24) is 10.2 Å². The molecule has 8 heteroatoms. The van der Waals surface area contributed by atoms with Crippen molar-refractivity contribution >= 4 is 31.5 Å². The molecule has 0 spiro atoms. The predicted molar refractivity (Wildman–Crippen MR) is 130 cm³/mol. The molecule has 32 heavy (non-hydrogen) atoms. The Kier molecular flexibility index (Phi) is 6.14. The van der Waals surface area contributed by atoms with Gasteiger partial charge in [-0.25, -0.2) is 9.18 Å². The average molecular weight is 459 g/mol. The highest BCUT2D eigenvalue weighted by atomic mass is 28.3. The molecule has 3 amide bonds. The van der Waals surface area contributed by atoms with Crippen LogP contribution in [0.5, 0.6) is 0 Å². The second-order valence-corrected chi connectivity index (χ2v) is 16.4. The third-order valence-electron chi connectivity index (χ3n) is 7.41. The smallest absolute Gasteiger partial charge is 0.311 e. The zero-order valence-corrected chi connectivity index (χ0v) is 21.4. The van der Waals surface area contributed by atoms with Crippen molar-refractivity contribution in [3.8, 4) is 0 Å². The van der Waals surface area contributed by atoms with Gasteiger partial charge in [0.05, 0.1) is 32.4 Å². The molecular weight excluding hydrogens is 423 g/mol. The molecule has 2 aliphatic rings. The van der Waals surface area contributed by atoms with Crippen molar-refractivity contribution in [2.24, 2.45) is 4.99 Å². The number of benzene rings is 1. The first-order valence-electron chi connectivity index (χ1n) is 11.2. The zero-order chi connectivity index (χ0) is 24.1. The summed E-state index contributed by atoms with van der Waals surface area (Å²) < 4.78 is 14.4. The fraction of sp³-hybridized carbons (Fsp3) is 0.542. The van der Waals surface area contributed by atoms with E-state index in [2.05, 4.69) is 35.3 Å². The number of amidine groups is 1. The number of aliphatic imine (C=N–C) groups is 1. The van der Waals surface area contributed by atoms with Gasteiger partial charge in [0, 0.05) is 10.6 Å². The van der Waals surface area contributed by atoms with Crippen LogP contribution in [0.3, 0.4) is 0 Å². The van der Waals surface area contributed by atoms with Gasteiger partial charge in [-0.3, -0.25) is 9.79 Å². The van der Waals surface area contributed by atoms with Gasteiger partial charge < -0.3 is 15.5 Å². The van der Waals surface area contributed by atoms with E-state index in [0.717, 1.165) is 16.7 Å². The van der Waals surface area contributed by atoms with Crippen LogP contribution < -0.4 is 10.6 Å². The van der Waals surface area contributed by atoms with E-state index in [1.807, 2.05) is 40.7 Å². The fourth-order valence-electron chi connectivity index (χ4n) is 3.97. The molecule has 0 fully saturated rings. The summed E-state index contributed by atoms with van der Waals surface area (Å²) in [6.07, 6.45) is 0.612. The van der Waals surface area contributed by atoms with Crippen LogP contribution >= 0.6 is 0 Å². The molecule has 0 saturated carbocycles. The van der Waals surface area contributed by atoms with Gasteiger partial charge in [-0.1, -0.05) is 52.5 Å². The second-order valence-electron chi connectivity index (χ2n) is 10.7. The van der Waals surface area contributed by atoms with Crippen molar-refractivity contribution in [2.75, 3.05) is 18.4 Å². The summed E-state index contributed by atoms with van der Waals surface area (Å²) >= 11 is 0. The van der Waals surface area contributed by atoms with Crippen LogP contribution in [0, 0.1) is 5.82 Å². The maximum Gasteiger partial charge on any atom is 0.322 e. The summed E-state index contributed by atoms with van der Waals surface area (Å²) in [6.45, 7) is 17.1. The number of anilines is 1. The maximum atomic E-state index is 14.4. The maximum absolute atomic E-state index is 14.4. The number of aryl methyl sites for hydroxylation is 1. The lowest BCUT2D eigenvalue weighted by Gasteiger charge is -2.36. The minimum absolute atomic E-state index is 0.0381. The van der Waals surface area contributed by atoms with Gasteiger partial charge in [0.2, 0.25) is 5.91 Å². The first-order chi connectivity index (χ1) is 14.7. The van der Waals surface area contributed by atoms with Crippen molar-refractivity contribution in [3.05, 3.63) is 40.7 Å². The molecule has 1 aromatic carbocycles. The predicted octanol–water partition coefficient (Wildman–Crippen LogP) is 4.96. The summed E-state index contributed by atoms with van der Waals surface area (Å²) in [5.74, 6) is 0.0713. The van der Waals surface area contributed by atoms with Crippen LogP contribution in [-0.2, 0) is 11.2 Å². The molecule has 0 atom stereocenters. The second kappa shape index (κ2) is 8.14. The number of hydrogen-bond acceptors (Lipinski definition) is 3. The van der Waals surface area contributed by atoms with Gasteiger partial charge in [-0.2, -0.15) is 0 Å². The highest BCUT2D eigenvalue weighted by molar-refractivity contribution is 6.82. The molecule has 6 nitrogen and oxygen atoms in total. The Morgan fingerprint density at radius 2 is 1.88 bits per heavy atom. The van der Waals surface area contributed by atoms with Crippen LogP contribution in [0.2, 0.25) is 24.7 Å². The van der Waals surface area contributed by atoms with E-state index in [4.69, 9.17) is 0 Å². The van der Waals surface area contributed by atoms with Gasteiger partial charge in [-0.05, 0) is 37.5 Å². The van der Waals surface area contributed by atoms with E-state index >= 15 is 0 Å². The first kappa shape index (κ1) is 24.2. The quantitative estimate of drug-likeness (QED) is 0.626. The number of halogens is 1. The average Bonchev–Trinajstić information content (AvgIpc) is 3.20. The molecule has 2 N–H and O–H groups in total. The number of carbonyl (C=O) groups excluding carboxylic acids is 2. The molecule has 0 unspecified atom stereocenters. The summed E-state index contributed by atoms with van der Waals surface area (Å²) in [5.41, 5.74) is 2.27. The van der Waals surface area contributed by atoms with Crippen molar-refractivity contribution < 1.29 is 14.0 Å². The molecule has 0 aliphatic carbocycles. The fourth-order valence-corrected chi connectivity index (χ4v) is 4.71. The molecule has 0 saturated heterocycles. The Morgan fingerprint density at radius 3 is 2.47 bits per heavy atom. The largest absolute Gasteiger partial charge is 0.322 e. The van der Waals surface area contributed by atoms with E-state index in [9.17, 15) is 14.0 Å². The molecule has 174 valence electrons. The number of para-hydroxylation sites is 1. The molecule has 0 radical (unpaired) electrons. The molecule has 2 aliphatic heterocycles. The lowest BCUT2D eigenvalue weighted by molar-refractivity contribution is -0.122. The van der Waals surface area contributed by atoms with Crippen LogP contribution in [0.4, 0.5) is 14.9 Å². The lowest BCUT2D eigenvalue weighted by Crippen LogP contribution is -2.50. The minimum atomic E-state index is -1.76. The van der Waals surface area contributed by atoms with E-state index in [-0.39, 0.29) is 17.6 Å². The number of urea groups is 1. The van der Waals surface area contributed by atoms with Crippen LogP contribution in [-0.4, -0.2) is 49.4 Å². The molecule has 2 heterocycles. The first-order valence-corrected chi connectivity index (χ1v) is 14.7. The number of amides is 3. The number of nitrogens with zero attached hydrogens (tertiary/aromatic N) is 2. The molecule has 3 rings (SSSR count). The topological polar surface area (TPSA) is 73.8 Å². The van der Waals surface area contributed by atoms with Crippen LogP contribution in [0.1, 0.15) is 40.2 Å². The summed E-state index contributed by atoms with van der Waals surface area (Å²) in [4.78, 5) is 32.5. The van der Waals surface area contributed by atoms with Crippen molar-refractivity contribution in [2.45, 2.75) is 71.3 Å². The minimum Gasteiger partial charge on any atom is -0.311 e. The molecule has 0 bridgehead atoms. The summed E-state index contributed by atoms with van der Waals surface area (Å²) in [5, 5.41) is 5.35. The monoisotopic (exact) mass is 458 g/mol. The van der Waals surface area contributed by atoms with E-state index in [1.165, 1.54) is 6.07 Å². The molecular formula is C24H35FN4O2Si. The van der Waals surface area contributed by atoms with E-state index < -0.39 is 24.5 Å². The zero-order valence-electron chi connectivity index (χ0n) is 20.4. The third-order valence-corrected chi connectivity index (χ3v) is 11.4. The number of nitrogens with one attached hydrogen (secondary N) is 2. The van der Waals surface area contributed by atoms with Gasteiger partial charge >= 0.3 is 6.03 Å². The van der Waals surface area contributed by atoms with Crippen LogP contribution in [0.25, 0.3) is 0 Å². The summed E-state index contributed by atoms with van der Waals surface area (Å²) in [7, 11) is -1.76. The van der Waals surface area contributed by atoms with E-state index in [1.54, 1.807) is 11.0 Å². The molecule has 1 aromatic rings.